The summed E-state index contributed by atoms with van der Waals surface area (Å²) in [4.78, 5) is 2.29. The predicted molar refractivity (Wildman–Crippen MR) is 48.6 cm³/mol. The van der Waals surface area contributed by atoms with Crippen LogP contribution in [0.5, 0.6) is 0 Å². The zero-order valence-electron chi connectivity index (χ0n) is 6.92. The van der Waals surface area contributed by atoms with Crippen molar-refractivity contribution in [2.45, 2.75) is 19.4 Å². The van der Waals surface area contributed by atoms with Crippen LogP contribution in [0.25, 0.3) is 0 Å². The van der Waals surface area contributed by atoms with Crippen molar-refractivity contribution in [3.63, 3.8) is 0 Å². The fourth-order valence-electron chi connectivity index (χ4n) is 1.32. The van der Waals surface area contributed by atoms with Gasteiger partial charge in [0, 0.05) is 24.6 Å². The van der Waals surface area contributed by atoms with Crippen molar-refractivity contribution >= 4 is 11.8 Å². The summed E-state index contributed by atoms with van der Waals surface area (Å²) in [6.07, 6.45) is 0.959. The van der Waals surface area contributed by atoms with Crippen molar-refractivity contribution in [1.29, 1.82) is 5.26 Å². The number of thioether (sulfide) groups is 1. The second-order valence-electron chi connectivity index (χ2n) is 2.70. The minimum atomic E-state index is 0.163. The molecule has 1 aliphatic heterocycles. The molecule has 1 aliphatic rings. The third kappa shape index (κ3) is 2.39. The van der Waals surface area contributed by atoms with Crippen LogP contribution in [0, 0.1) is 11.3 Å². The Bertz CT molecular complexity index is 147. The van der Waals surface area contributed by atoms with E-state index < -0.39 is 0 Å². The van der Waals surface area contributed by atoms with Crippen LogP contribution in [-0.4, -0.2) is 35.5 Å². The standard InChI is InChI=1S/C8H14N2S/c1-2-8(7-9)10-3-5-11-6-4-10/h8H,2-6H2,1H3. The highest BCUT2D eigenvalue weighted by Gasteiger charge is 2.17. The van der Waals surface area contributed by atoms with E-state index in [0.29, 0.717) is 0 Å². The van der Waals surface area contributed by atoms with Crippen molar-refractivity contribution in [1.82, 2.24) is 4.90 Å². The molecule has 0 N–H and O–H groups in total. The molecule has 0 bridgehead atoms. The van der Waals surface area contributed by atoms with Gasteiger partial charge in [0.1, 0.15) is 0 Å². The Kier molecular flexibility index (Phi) is 3.74. The minimum Gasteiger partial charge on any atom is -0.286 e. The fraction of sp³-hybridized carbons (Fsp3) is 0.875. The molecular weight excluding hydrogens is 156 g/mol. The summed E-state index contributed by atoms with van der Waals surface area (Å²) in [5, 5.41) is 8.78. The lowest BCUT2D eigenvalue weighted by Gasteiger charge is -2.29. The second kappa shape index (κ2) is 4.63. The molecule has 0 aromatic carbocycles. The van der Waals surface area contributed by atoms with Gasteiger partial charge >= 0.3 is 0 Å². The molecule has 1 unspecified atom stereocenters. The van der Waals surface area contributed by atoms with Crippen molar-refractivity contribution < 1.29 is 0 Å². The van der Waals surface area contributed by atoms with E-state index in [1.165, 1.54) is 11.5 Å². The van der Waals surface area contributed by atoms with Crippen LogP contribution in [0.2, 0.25) is 0 Å². The molecule has 3 heteroatoms. The zero-order chi connectivity index (χ0) is 8.10. The summed E-state index contributed by atoms with van der Waals surface area (Å²) < 4.78 is 0. The number of rotatable bonds is 2. The Morgan fingerprint density at radius 3 is 2.64 bits per heavy atom. The molecule has 1 rings (SSSR count). The molecule has 0 spiro atoms. The van der Waals surface area contributed by atoms with Gasteiger partial charge in [0.2, 0.25) is 0 Å². The van der Waals surface area contributed by atoms with Gasteiger partial charge in [-0.2, -0.15) is 17.0 Å². The first-order valence-electron chi connectivity index (χ1n) is 4.10. The van der Waals surface area contributed by atoms with Crippen LogP contribution in [0.15, 0.2) is 0 Å². The van der Waals surface area contributed by atoms with E-state index in [9.17, 15) is 0 Å². The van der Waals surface area contributed by atoms with Gasteiger partial charge in [-0.25, -0.2) is 0 Å². The number of nitriles is 1. The molecule has 62 valence electrons. The van der Waals surface area contributed by atoms with Crippen LogP contribution in [0.4, 0.5) is 0 Å². The van der Waals surface area contributed by atoms with E-state index in [2.05, 4.69) is 17.9 Å². The Balaban J connectivity index is 2.38. The first kappa shape index (κ1) is 8.89. The lowest BCUT2D eigenvalue weighted by Crippen LogP contribution is -2.39. The summed E-state index contributed by atoms with van der Waals surface area (Å²) in [6, 6.07) is 2.50. The van der Waals surface area contributed by atoms with Gasteiger partial charge in [-0.1, -0.05) is 6.92 Å². The van der Waals surface area contributed by atoms with Crippen LogP contribution in [-0.2, 0) is 0 Å². The van der Waals surface area contributed by atoms with Crippen molar-refractivity contribution in [3.05, 3.63) is 0 Å². The monoisotopic (exact) mass is 170 g/mol. The maximum Gasteiger partial charge on any atom is 0.0975 e. The minimum absolute atomic E-state index is 0.163. The van der Waals surface area contributed by atoms with Crippen molar-refractivity contribution in [2.24, 2.45) is 0 Å². The molecule has 0 aromatic rings. The van der Waals surface area contributed by atoms with Gasteiger partial charge in [-0.3, -0.25) is 4.90 Å². The Morgan fingerprint density at radius 2 is 2.18 bits per heavy atom. The Hall–Kier alpha value is -0.200. The molecule has 0 saturated carbocycles. The molecule has 0 radical (unpaired) electrons. The van der Waals surface area contributed by atoms with Gasteiger partial charge in [0.15, 0.2) is 0 Å². The summed E-state index contributed by atoms with van der Waals surface area (Å²) in [5.74, 6) is 2.39. The van der Waals surface area contributed by atoms with Crippen LogP contribution in [0.3, 0.4) is 0 Å². The number of hydrogen-bond acceptors (Lipinski definition) is 3. The SMILES string of the molecule is CCC(C#N)N1CCSCC1. The smallest absolute Gasteiger partial charge is 0.0975 e. The maximum absolute atomic E-state index is 8.78. The molecular formula is C8H14N2S. The first-order chi connectivity index (χ1) is 5.38. The highest BCUT2D eigenvalue weighted by atomic mass is 32.2. The van der Waals surface area contributed by atoms with E-state index in [-0.39, 0.29) is 6.04 Å². The van der Waals surface area contributed by atoms with E-state index in [0.717, 1.165) is 19.5 Å². The zero-order valence-corrected chi connectivity index (χ0v) is 7.73. The highest BCUT2D eigenvalue weighted by Crippen LogP contribution is 2.13. The molecule has 1 atom stereocenters. The fourth-order valence-corrected chi connectivity index (χ4v) is 2.25. The van der Waals surface area contributed by atoms with Crippen LogP contribution >= 0.6 is 11.8 Å². The average molecular weight is 170 g/mol. The van der Waals surface area contributed by atoms with E-state index in [4.69, 9.17) is 5.26 Å². The lowest BCUT2D eigenvalue weighted by atomic mass is 10.2. The number of nitrogens with zero attached hydrogens (tertiary/aromatic N) is 2. The average Bonchev–Trinajstić information content (AvgIpc) is 2.09. The van der Waals surface area contributed by atoms with E-state index in [1.54, 1.807) is 0 Å². The van der Waals surface area contributed by atoms with E-state index in [1.807, 2.05) is 11.8 Å². The molecule has 2 nitrogen and oxygen atoms in total. The summed E-state index contributed by atoms with van der Waals surface area (Å²) in [5.41, 5.74) is 0. The first-order valence-corrected chi connectivity index (χ1v) is 5.25. The van der Waals surface area contributed by atoms with Crippen LogP contribution < -0.4 is 0 Å². The van der Waals surface area contributed by atoms with Crippen molar-refractivity contribution in [2.75, 3.05) is 24.6 Å². The maximum atomic E-state index is 8.78. The number of hydrogen-bond donors (Lipinski definition) is 0. The molecule has 1 heterocycles. The quantitative estimate of drug-likeness (QED) is 0.625. The summed E-state index contributed by atoms with van der Waals surface area (Å²) >= 11 is 1.99. The molecule has 0 aromatic heterocycles. The molecule has 1 fully saturated rings. The lowest BCUT2D eigenvalue weighted by molar-refractivity contribution is 0.253. The van der Waals surface area contributed by atoms with Gasteiger partial charge < -0.3 is 0 Å². The Labute approximate surface area is 72.6 Å². The molecule has 0 amide bonds. The normalized spacial score (nSPS) is 22.5. The molecule has 0 aliphatic carbocycles. The van der Waals surface area contributed by atoms with E-state index >= 15 is 0 Å². The topological polar surface area (TPSA) is 27.0 Å². The predicted octanol–water partition coefficient (Wildman–Crippen LogP) is 1.34. The highest BCUT2D eigenvalue weighted by molar-refractivity contribution is 7.99. The summed E-state index contributed by atoms with van der Waals surface area (Å²) in [6.45, 7) is 4.27. The van der Waals surface area contributed by atoms with Gasteiger partial charge in [-0.15, -0.1) is 0 Å². The second-order valence-corrected chi connectivity index (χ2v) is 3.93. The van der Waals surface area contributed by atoms with Gasteiger partial charge in [0.05, 0.1) is 12.1 Å². The molecule has 11 heavy (non-hydrogen) atoms. The van der Waals surface area contributed by atoms with Gasteiger partial charge in [-0.05, 0) is 6.42 Å². The third-order valence-electron chi connectivity index (χ3n) is 2.02. The molecule has 1 saturated heterocycles. The van der Waals surface area contributed by atoms with Gasteiger partial charge in [0.25, 0.3) is 0 Å². The van der Waals surface area contributed by atoms with Crippen molar-refractivity contribution in [3.8, 4) is 6.07 Å². The van der Waals surface area contributed by atoms with Crippen LogP contribution in [0.1, 0.15) is 13.3 Å². The Morgan fingerprint density at radius 1 is 1.55 bits per heavy atom. The summed E-state index contributed by atoms with van der Waals surface area (Å²) in [7, 11) is 0. The third-order valence-corrected chi connectivity index (χ3v) is 2.96. The largest absolute Gasteiger partial charge is 0.286 e.